The van der Waals surface area contributed by atoms with Gasteiger partial charge in [-0.25, -0.2) is 4.39 Å². The molecule has 1 aromatic carbocycles. The number of carbonyl (C=O) groups excluding carboxylic acids is 2. The number of Topliss-reactive ketones (excluding diaryl/α,β-unsaturated/α-hetero) is 2. The maximum atomic E-state index is 13.6. The van der Waals surface area contributed by atoms with E-state index < -0.39 is 11.6 Å². The molecule has 20 heavy (non-hydrogen) atoms. The number of aryl methyl sites for hydroxylation is 2. The summed E-state index contributed by atoms with van der Waals surface area (Å²) in [5.74, 6) is -0.483. The summed E-state index contributed by atoms with van der Waals surface area (Å²) in [6.07, 6.45) is -0.382. The first-order valence-electron chi connectivity index (χ1n) is 5.97. The second kappa shape index (κ2) is 5.71. The molecule has 0 bridgehead atoms. The van der Waals surface area contributed by atoms with Crippen molar-refractivity contribution in [2.75, 3.05) is 0 Å². The third kappa shape index (κ3) is 3.04. The van der Waals surface area contributed by atoms with E-state index in [1.807, 2.05) is 0 Å². The summed E-state index contributed by atoms with van der Waals surface area (Å²) in [6.45, 7) is 3.38. The van der Waals surface area contributed by atoms with Gasteiger partial charge < -0.3 is 4.42 Å². The molecule has 0 saturated carbocycles. The van der Waals surface area contributed by atoms with E-state index in [4.69, 9.17) is 4.42 Å². The van der Waals surface area contributed by atoms with Crippen LogP contribution >= 0.6 is 15.9 Å². The molecule has 1 heterocycles. The fraction of sp³-hybridized carbons (Fsp3) is 0.200. The zero-order chi connectivity index (χ0) is 14.9. The molecular formula is C15H12BrFO3. The lowest BCUT2D eigenvalue weighted by Gasteiger charge is -2.03. The van der Waals surface area contributed by atoms with Crippen molar-refractivity contribution in [3.05, 3.63) is 57.2 Å². The van der Waals surface area contributed by atoms with E-state index in [-0.39, 0.29) is 17.8 Å². The molecule has 0 atom stereocenters. The topological polar surface area (TPSA) is 47.3 Å². The summed E-state index contributed by atoms with van der Waals surface area (Å²) >= 11 is 3.17. The highest BCUT2D eigenvalue weighted by Crippen LogP contribution is 2.20. The van der Waals surface area contributed by atoms with E-state index in [0.29, 0.717) is 21.6 Å². The van der Waals surface area contributed by atoms with Crippen LogP contribution in [-0.2, 0) is 0 Å². The number of hydrogen-bond donors (Lipinski definition) is 0. The van der Waals surface area contributed by atoms with Crippen molar-refractivity contribution >= 4 is 27.5 Å². The van der Waals surface area contributed by atoms with Gasteiger partial charge >= 0.3 is 0 Å². The molecule has 0 radical (unpaired) electrons. The van der Waals surface area contributed by atoms with Gasteiger partial charge in [0.15, 0.2) is 11.6 Å². The Hall–Kier alpha value is -1.75. The summed E-state index contributed by atoms with van der Waals surface area (Å²) in [7, 11) is 0. The SMILES string of the molecule is Cc1cc(C(=O)CC(=O)c2cc(Br)ccc2F)c(C)o1. The molecule has 3 nitrogen and oxygen atoms in total. The third-order valence-electron chi connectivity index (χ3n) is 2.89. The van der Waals surface area contributed by atoms with Crippen molar-refractivity contribution in [2.24, 2.45) is 0 Å². The van der Waals surface area contributed by atoms with E-state index in [0.717, 1.165) is 0 Å². The Morgan fingerprint density at radius 3 is 2.40 bits per heavy atom. The van der Waals surface area contributed by atoms with E-state index in [1.165, 1.54) is 18.2 Å². The fourth-order valence-electron chi connectivity index (χ4n) is 1.96. The molecule has 0 amide bonds. The van der Waals surface area contributed by atoms with Crippen molar-refractivity contribution in [1.29, 1.82) is 0 Å². The lowest BCUT2D eigenvalue weighted by molar-refractivity contribution is 0.0891. The molecule has 2 aromatic rings. The van der Waals surface area contributed by atoms with Gasteiger partial charge in [-0.3, -0.25) is 9.59 Å². The van der Waals surface area contributed by atoms with Gasteiger partial charge in [-0.05, 0) is 38.1 Å². The molecule has 2 rings (SSSR count). The number of ketones is 2. The summed E-state index contributed by atoms with van der Waals surface area (Å²) in [5, 5.41) is 0. The maximum Gasteiger partial charge on any atom is 0.174 e. The molecule has 5 heteroatoms. The molecule has 0 spiro atoms. The van der Waals surface area contributed by atoms with E-state index in [1.54, 1.807) is 19.9 Å². The van der Waals surface area contributed by atoms with Crippen LogP contribution in [0.25, 0.3) is 0 Å². The molecule has 0 fully saturated rings. The Bertz CT molecular complexity index is 688. The molecule has 0 unspecified atom stereocenters. The number of carbonyl (C=O) groups is 2. The van der Waals surface area contributed by atoms with Gasteiger partial charge in [-0.15, -0.1) is 0 Å². The van der Waals surface area contributed by atoms with Crippen molar-refractivity contribution in [3.63, 3.8) is 0 Å². The first-order chi connectivity index (χ1) is 9.38. The largest absolute Gasteiger partial charge is 0.466 e. The van der Waals surface area contributed by atoms with Gasteiger partial charge in [0, 0.05) is 4.47 Å². The molecule has 0 aliphatic carbocycles. The quantitative estimate of drug-likeness (QED) is 0.618. The highest BCUT2D eigenvalue weighted by Gasteiger charge is 2.20. The minimum Gasteiger partial charge on any atom is -0.466 e. The maximum absolute atomic E-state index is 13.6. The lowest BCUT2D eigenvalue weighted by Crippen LogP contribution is -2.10. The van der Waals surface area contributed by atoms with Gasteiger partial charge in [0.25, 0.3) is 0 Å². The van der Waals surface area contributed by atoms with Gasteiger partial charge in [0.1, 0.15) is 17.3 Å². The molecule has 1 aromatic heterocycles. The van der Waals surface area contributed by atoms with Crippen LogP contribution in [0.2, 0.25) is 0 Å². The lowest BCUT2D eigenvalue weighted by atomic mass is 10.0. The van der Waals surface area contributed by atoms with Crippen LogP contribution < -0.4 is 0 Å². The first kappa shape index (κ1) is 14.7. The number of benzene rings is 1. The predicted molar refractivity (Wildman–Crippen MR) is 75.6 cm³/mol. The minimum absolute atomic E-state index is 0.0920. The average molecular weight is 339 g/mol. The molecule has 0 N–H and O–H groups in total. The van der Waals surface area contributed by atoms with Crippen LogP contribution in [0, 0.1) is 19.7 Å². The van der Waals surface area contributed by atoms with Crippen molar-refractivity contribution < 1.29 is 18.4 Å². The smallest absolute Gasteiger partial charge is 0.174 e. The molecule has 104 valence electrons. The Morgan fingerprint density at radius 2 is 1.80 bits per heavy atom. The van der Waals surface area contributed by atoms with Crippen LogP contribution in [0.5, 0.6) is 0 Å². The number of halogens is 2. The van der Waals surface area contributed by atoms with Crippen LogP contribution in [0.1, 0.15) is 38.7 Å². The normalized spacial score (nSPS) is 10.6. The molecule has 0 aliphatic heterocycles. The van der Waals surface area contributed by atoms with Crippen molar-refractivity contribution in [1.82, 2.24) is 0 Å². The standard InChI is InChI=1S/C15H12BrFO3/c1-8-5-11(9(2)20-8)14(18)7-15(19)12-6-10(16)3-4-13(12)17/h3-6H,7H2,1-2H3. The number of furan rings is 1. The van der Waals surface area contributed by atoms with Gasteiger partial charge in [-0.2, -0.15) is 0 Å². The predicted octanol–water partition coefficient (Wildman–Crippen LogP) is 4.25. The molecule has 0 saturated heterocycles. The average Bonchev–Trinajstić information content (AvgIpc) is 2.71. The fourth-order valence-corrected chi connectivity index (χ4v) is 2.32. The summed E-state index contributed by atoms with van der Waals surface area (Å²) in [4.78, 5) is 24.1. The van der Waals surface area contributed by atoms with Crippen molar-refractivity contribution in [3.8, 4) is 0 Å². The van der Waals surface area contributed by atoms with E-state index in [2.05, 4.69) is 15.9 Å². The van der Waals surface area contributed by atoms with Gasteiger partial charge in [-0.1, -0.05) is 15.9 Å². The Labute approximate surface area is 123 Å². The zero-order valence-corrected chi connectivity index (χ0v) is 12.6. The van der Waals surface area contributed by atoms with E-state index in [9.17, 15) is 14.0 Å². The summed E-state index contributed by atoms with van der Waals surface area (Å²) < 4.78 is 19.4. The minimum atomic E-state index is -0.633. The highest BCUT2D eigenvalue weighted by molar-refractivity contribution is 9.10. The highest BCUT2D eigenvalue weighted by atomic mass is 79.9. The van der Waals surface area contributed by atoms with Crippen LogP contribution in [0.15, 0.2) is 33.2 Å². The zero-order valence-electron chi connectivity index (χ0n) is 11.0. The monoisotopic (exact) mass is 338 g/mol. The van der Waals surface area contributed by atoms with Crippen LogP contribution in [0.4, 0.5) is 4.39 Å². The summed E-state index contributed by atoms with van der Waals surface area (Å²) in [5.41, 5.74) is 0.275. The van der Waals surface area contributed by atoms with Crippen molar-refractivity contribution in [2.45, 2.75) is 20.3 Å². The Morgan fingerprint density at radius 1 is 1.15 bits per heavy atom. The third-order valence-corrected chi connectivity index (χ3v) is 3.38. The Kier molecular flexibility index (Phi) is 4.18. The second-order valence-corrected chi connectivity index (χ2v) is 5.39. The molecular weight excluding hydrogens is 327 g/mol. The van der Waals surface area contributed by atoms with Gasteiger partial charge in [0.05, 0.1) is 17.5 Å². The van der Waals surface area contributed by atoms with E-state index >= 15 is 0 Å². The number of rotatable bonds is 4. The van der Waals surface area contributed by atoms with Gasteiger partial charge in [0.2, 0.25) is 0 Å². The second-order valence-electron chi connectivity index (χ2n) is 4.47. The van der Waals surface area contributed by atoms with Crippen LogP contribution in [-0.4, -0.2) is 11.6 Å². The Balaban J connectivity index is 2.21. The molecule has 0 aliphatic rings. The van der Waals surface area contributed by atoms with Crippen LogP contribution in [0.3, 0.4) is 0 Å². The summed E-state index contributed by atoms with van der Waals surface area (Å²) in [6, 6.07) is 5.65. The number of hydrogen-bond acceptors (Lipinski definition) is 3. The first-order valence-corrected chi connectivity index (χ1v) is 6.76.